The molecule has 1 saturated carbocycles. The summed E-state index contributed by atoms with van der Waals surface area (Å²) in [4.78, 5) is 0. The van der Waals surface area contributed by atoms with Gasteiger partial charge in [-0.25, -0.2) is 0 Å². The van der Waals surface area contributed by atoms with E-state index in [4.69, 9.17) is 0 Å². The van der Waals surface area contributed by atoms with Crippen LogP contribution >= 0.6 is 0 Å². The van der Waals surface area contributed by atoms with Gasteiger partial charge < -0.3 is 5.32 Å². The molecule has 1 aromatic heterocycles. The molecule has 1 aromatic rings. The molecule has 1 aliphatic carbocycles. The van der Waals surface area contributed by atoms with Crippen LogP contribution in [0.5, 0.6) is 0 Å². The lowest BCUT2D eigenvalue weighted by atomic mass is 9.84. The van der Waals surface area contributed by atoms with Crippen molar-refractivity contribution in [2.45, 2.75) is 45.7 Å². The van der Waals surface area contributed by atoms with E-state index in [1.807, 2.05) is 10.9 Å². The molecule has 3 heteroatoms. The molecule has 1 fully saturated rings. The maximum absolute atomic E-state index is 4.32. The van der Waals surface area contributed by atoms with Crippen LogP contribution in [0.4, 0.5) is 0 Å². The van der Waals surface area contributed by atoms with E-state index >= 15 is 0 Å². The van der Waals surface area contributed by atoms with Crippen LogP contribution in [0.15, 0.2) is 25.0 Å². The summed E-state index contributed by atoms with van der Waals surface area (Å²) >= 11 is 0. The Kier molecular flexibility index (Phi) is 3.67. The fraction of sp³-hybridized carbons (Fsp3) is 0.643. The molecule has 0 aliphatic heterocycles. The number of nitrogens with one attached hydrogen (secondary N) is 1. The van der Waals surface area contributed by atoms with Gasteiger partial charge in [-0.15, -0.1) is 6.58 Å². The van der Waals surface area contributed by atoms with E-state index in [-0.39, 0.29) is 5.41 Å². The fourth-order valence-electron chi connectivity index (χ4n) is 2.01. The van der Waals surface area contributed by atoms with Crippen LogP contribution in [0.3, 0.4) is 0 Å². The van der Waals surface area contributed by atoms with Gasteiger partial charge in [0, 0.05) is 30.7 Å². The van der Waals surface area contributed by atoms with Crippen LogP contribution in [0, 0.1) is 5.41 Å². The van der Waals surface area contributed by atoms with Gasteiger partial charge in [0.2, 0.25) is 0 Å². The van der Waals surface area contributed by atoms with Crippen LogP contribution in [-0.2, 0) is 13.0 Å². The summed E-state index contributed by atoms with van der Waals surface area (Å²) in [6.07, 6.45) is 9.87. The van der Waals surface area contributed by atoms with E-state index in [2.05, 4.69) is 43.1 Å². The van der Waals surface area contributed by atoms with E-state index < -0.39 is 0 Å². The first-order valence-corrected chi connectivity index (χ1v) is 6.53. The molecule has 17 heavy (non-hydrogen) atoms. The minimum atomic E-state index is 0.129. The highest BCUT2D eigenvalue weighted by Crippen LogP contribution is 2.26. The Bertz CT molecular complexity index is 379. The van der Waals surface area contributed by atoms with E-state index in [0.717, 1.165) is 25.6 Å². The molecule has 1 aliphatic rings. The average Bonchev–Trinajstić information content (AvgIpc) is 3.07. The predicted octanol–water partition coefficient (Wildman–Crippen LogP) is 2.39. The monoisotopic (exact) mass is 233 g/mol. The third-order valence-corrected chi connectivity index (χ3v) is 3.48. The molecule has 0 amide bonds. The first-order chi connectivity index (χ1) is 8.15. The highest BCUT2D eigenvalue weighted by Gasteiger charge is 2.26. The molecule has 1 unspecified atom stereocenters. The van der Waals surface area contributed by atoms with Crippen molar-refractivity contribution in [1.82, 2.24) is 15.1 Å². The molecular formula is C14H23N3. The van der Waals surface area contributed by atoms with Crippen molar-refractivity contribution in [3.63, 3.8) is 0 Å². The van der Waals surface area contributed by atoms with E-state index in [0.29, 0.717) is 0 Å². The van der Waals surface area contributed by atoms with Crippen molar-refractivity contribution in [2.24, 2.45) is 5.41 Å². The average molecular weight is 233 g/mol. The van der Waals surface area contributed by atoms with Crippen LogP contribution in [0.25, 0.3) is 0 Å². The molecule has 0 aromatic carbocycles. The largest absolute Gasteiger partial charge is 0.313 e. The minimum absolute atomic E-state index is 0.129. The molecular weight excluding hydrogens is 210 g/mol. The standard InChI is InChI=1S/C14H23N3/c1-4-14(3,11-15-13-6-7-13)8-12-9-16-17(5-2)10-12/h4,9-10,13,15H,1,5-8,11H2,2-3H3. The number of aromatic nitrogens is 2. The van der Waals surface area contributed by atoms with Crippen molar-refractivity contribution in [1.29, 1.82) is 0 Å². The van der Waals surface area contributed by atoms with Crippen molar-refractivity contribution in [3.05, 3.63) is 30.6 Å². The quantitative estimate of drug-likeness (QED) is 0.733. The molecule has 3 nitrogen and oxygen atoms in total. The zero-order valence-electron chi connectivity index (χ0n) is 10.9. The van der Waals surface area contributed by atoms with E-state index in [1.165, 1.54) is 18.4 Å². The Balaban J connectivity index is 1.93. The fourth-order valence-corrected chi connectivity index (χ4v) is 2.01. The van der Waals surface area contributed by atoms with Gasteiger partial charge in [-0.1, -0.05) is 13.0 Å². The second-order valence-corrected chi connectivity index (χ2v) is 5.39. The van der Waals surface area contributed by atoms with Crippen molar-refractivity contribution in [2.75, 3.05) is 6.54 Å². The zero-order valence-corrected chi connectivity index (χ0v) is 10.9. The Morgan fingerprint density at radius 1 is 1.65 bits per heavy atom. The highest BCUT2D eigenvalue weighted by molar-refractivity contribution is 5.11. The second kappa shape index (κ2) is 5.05. The van der Waals surface area contributed by atoms with Gasteiger partial charge in [0.1, 0.15) is 0 Å². The zero-order chi connectivity index (χ0) is 12.3. The Morgan fingerprint density at radius 2 is 2.41 bits per heavy atom. The molecule has 2 rings (SSSR count). The molecule has 1 atom stereocenters. The van der Waals surface area contributed by atoms with Gasteiger partial charge in [0.05, 0.1) is 6.20 Å². The van der Waals surface area contributed by atoms with E-state index in [1.54, 1.807) is 0 Å². The molecule has 1 N–H and O–H groups in total. The SMILES string of the molecule is C=CC(C)(CNC1CC1)Cc1cnn(CC)c1. The summed E-state index contributed by atoms with van der Waals surface area (Å²) in [6, 6.07) is 0.757. The molecule has 0 spiro atoms. The lowest BCUT2D eigenvalue weighted by molar-refractivity contribution is 0.389. The molecule has 0 bridgehead atoms. The highest BCUT2D eigenvalue weighted by atomic mass is 15.3. The summed E-state index contributed by atoms with van der Waals surface area (Å²) in [6.45, 7) is 10.3. The van der Waals surface area contributed by atoms with Gasteiger partial charge in [-0.3, -0.25) is 4.68 Å². The van der Waals surface area contributed by atoms with Gasteiger partial charge >= 0.3 is 0 Å². The normalized spacial score (nSPS) is 18.9. The molecule has 0 saturated heterocycles. The topological polar surface area (TPSA) is 29.9 Å². The maximum Gasteiger partial charge on any atom is 0.0522 e. The number of aryl methyl sites for hydroxylation is 1. The van der Waals surface area contributed by atoms with E-state index in [9.17, 15) is 0 Å². The lowest BCUT2D eigenvalue weighted by Crippen LogP contribution is -2.33. The maximum atomic E-state index is 4.32. The predicted molar refractivity (Wildman–Crippen MR) is 70.9 cm³/mol. The summed E-state index contributed by atoms with van der Waals surface area (Å²) in [7, 11) is 0. The lowest BCUT2D eigenvalue weighted by Gasteiger charge is -2.25. The molecule has 94 valence electrons. The van der Waals surface area contributed by atoms with Crippen LogP contribution in [-0.4, -0.2) is 22.4 Å². The Labute approximate surface area is 104 Å². The number of hydrogen-bond acceptors (Lipinski definition) is 2. The third kappa shape index (κ3) is 3.43. The first-order valence-electron chi connectivity index (χ1n) is 6.53. The smallest absolute Gasteiger partial charge is 0.0522 e. The van der Waals surface area contributed by atoms with Gasteiger partial charge in [-0.2, -0.15) is 5.10 Å². The van der Waals surface area contributed by atoms with Crippen LogP contribution < -0.4 is 5.32 Å². The summed E-state index contributed by atoms with van der Waals surface area (Å²) < 4.78 is 1.98. The second-order valence-electron chi connectivity index (χ2n) is 5.39. The van der Waals surface area contributed by atoms with Crippen molar-refractivity contribution < 1.29 is 0 Å². The van der Waals surface area contributed by atoms with Gasteiger partial charge in [0.15, 0.2) is 0 Å². The number of rotatable bonds is 7. The summed E-state index contributed by atoms with van der Waals surface area (Å²) in [5.41, 5.74) is 1.43. The van der Waals surface area contributed by atoms with Crippen molar-refractivity contribution in [3.8, 4) is 0 Å². The van der Waals surface area contributed by atoms with Crippen LogP contribution in [0.2, 0.25) is 0 Å². The number of hydrogen-bond donors (Lipinski definition) is 1. The first kappa shape index (κ1) is 12.4. The third-order valence-electron chi connectivity index (χ3n) is 3.48. The van der Waals surface area contributed by atoms with Crippen LogP contribution in [0.1, 0.15) is 32.3 Å². The van der Waals surface area contributed by atoms with Gasteiger partial charge in [-0.05, 0) is 31.7 Å². The summed E-state index contributed by atoms with van der Waals surface area (Å²) in [5, 5.41) is 7.91. The minimum Gasteiger partial charge on any atom is -0.313 e. The number of nitrogens with zero attached hydrogens (tertiary/aromatic N) is 2. The van der Waals surface area contributed by atoms with Gasteiger partial charge in [0.25, 0.3) is 0 Å². The Morgan fingerprint density at radius 3 is 2.94 bits per heavy atom. The molecule has 1 heterocycles. The molecule has 0 radical (unpaired) electrons. The summed E-state index contributed by atoms with van der Waals surface area (Å²) in [5.74, 6) is 0. The van der Waals surface area contributed by atoms with Crippen molar-refractivity contribution >= 4 is 0 Å². The Hall–Kier alpha value is -1.09.